The number of fused-ring (bicyclic) bond motifs is 1. The molecule has 0 N–H and O–H groups in total. The summed E-state index contributed by atoms with van der Waals surface area (Å²) in [4.78, 5) is 14.5. The van der Waals surface area contributed by atoms with Crippen LogP contribution in [0.1, 0.15) is 31.2 Å². The number of rotatable bonds is 6. The van der Waals surface area contributed by atoms with Crippen molar-refractivity contribution >= 4 is 16.6 Å². The van der Waals surface area contributed by atoms with Crippen LogP contribution in [0.15, 0.2) is 42.5 Å². The molecule has 2 rings (SSSR count). The standard InChI is InChI=1S/C18H23NO/c1-4-18(20)17(12-13-19(2)3)16-11-7-9-14-8-5-6-10-15(14)16/h5-11,17H,4,12-13H2,1-3H3. The summed E-state index contributed by atoms with van der Waals surface area (Å²) in [7, 11) is 4.10. The lowest BCUT2D eigenvalue weighted by molar-refractivity contribution is -0.120. The fourth-order valence-electron chi connectivity index (χ4n) is 2.68. The lowest BCUT2D eigenvalue weighted by Crippen LogP contribution is -2.20. The van der Waals surface area contributed by atoms with Crippen LogP contribution in [-0.4, -0.2) is 31.3 Å². The van der Waals surface area contributed by atoms with Crippen LogP contribution in [-0.2, 0) is 4.79 Å². The van der Waals surface area contributed by atoms with E-state index in [1.54, 1.807) is 0 Å². The molecule has 0 aliphatic carbocycles. The second-order valence-electron chi connectivity index (χ2n) is 5.53. The highest BCUT2D eigenvalue weighted by molar-refractivity contribution is 5.93. The Morgan fingerprint density at radius 3 is 2.50 bits per heavy atom. The molecule has 0 spiro atoms. The average Bonchev–Trinajstić information content (AvgIpc) is 2.47. The molecule has 0 saturated carbocycles. The average molecular weight is 269 g/mol. The zero-order valence-electron chi connectivity index (χ0n) is 12.6. The summed E-state index contributed by atoms with van der Waals surface area (Å²) in [5, 5.41) is 2.42. The van der Waals surface area contributed by atoms with Crippen LogP contribution in [0.2, 0.25) is 0 Å². The fourth-order valence-corrected chi connectivity index (χ4v) is 2.68. The van der Waals surface area contributed by atoms with Gasteiger partial charge >= 0.3 is 0 Å². The van der Waals surface area contributed by atoms with Gasteiger partial charge in [0.25, 0.3) is 0 Å². The molecule has 0 amide bonds. The van der Waals surface area contributed by atoms with E-state index >= 15 is 0 Å². The van der Waals surface area contributed by atoms with E-state index in [0.29, 0.717) is 12.2 Å². The van der Waals surface area contributed by atoms with Gasteiger partial charge in [0.2, 0.25) is 0 Å². The molecule has 106 valence electrons. The first-order valence-corrected chi connectivity index (χ1v) is 7.28. The first kappa shape index (κ1) is 14.7. The van der Waals surface area contributed by atoms with Gasteiger partial charge < -0.3 is 4.90 Å². The van der Waals surface area contributed by atoms with Gasteiger partial charge in [-0.25, -0.2) is 0 Å². The molecule has 0 saturated heterocycles. The van der Waals surface area contributed by atoms with Crippen LogP contribution in [0.25, 0.3) is 10.8 Å². The van der Waals surface area contributed by atoms with Crippen molar-refractivity contribution in [3.63, 3.8) is 0 Å². The molecule has 0 aliphatic heterocycles. The van der Waals surface area contributed by atoms with Crippen molar-refractivity contribution in [2.24, 2.45) is 0 Å². The predicted octanol–water partition coefficient (Wildman–Crippen LogP) is 3.85. The van der Waals surface area contributed by atoms with Crippen molar-refractivity contribution in [1.82, 2.24) is 4.90 Å². The lowest BCUT2D eigenvalue weighted by atomic mass is 9.87. The van der Waals surface area contributed by atoms with Crippen molar-refractivity contribution in [1.29, 1.82) is 0 Å². The minimum absolute atomic E-state index is 0.00787. The van der Waals surface area contributed by atoms with Crippen molar-refractivity contribution in [2.45, 2.75) is 25.7 Å². The molecule has 2 heteroatoms. The van der Waals surface area contributed by atoms with Crippen LogP contribution in [0, 0.1) is 0 Å². The minimum Gasteiger partial charge on any atom is -0.309 e. The lowest BCUT2D eigenvalue weighted by Gasteiger charge is -2.20. The first-order chi connectivity index (χ1) is 9.63. The van der Waals surface area contributed by atoms with Gasteiger partial charge in [0.05, 0.1) is 0 Å². The summed E-state index contributed by atoms with van der Waals surface area (Å²) in [6, 6.07) is 14.6. The summed E-state index contributed by atoms with van der Waals surface area (Å²) in [6.45, 7) is 2.88. The van der Waals surface area contributed by atoms with E-state index < -0.39 is 0 Å². The van der Waals surface area contributed by atoms with Crippen molar-refractivity contribution in [3.05, 3.63) is 48.0 Å². The number of hydrogen-bond acceptors (Lipinski definition) is 2. The quantitative estimate of drug-likeness (QED) is 0.794. The van der Waals surface area contributed by atoms with Crippen LogP contribution < -0.4 is 0 Å². The number of carbonyl (C=O) groups is 1. The zero-order chi connectivity index (χ0) is 14.5. The van der Waals surface area contributed by atoms with Crippen LogP contribution in [0.5, 0.6) is 0 Å². The predicted molar refractivity (Wildman–Crippen MR) is 85.2 cm³/mol. The van der Waals surface area contributed by atoms with E-state index in [1.807, 2.05) is 19.1 Å². The second kappa shape index (κ2) is 6.67. The SMILES string of the molecule is CCC(=O)C(CCN(C)C)c1cccc2ccccc12. The van der Waals surface area contributed by atoms with Crippen LogP contribution >= 0.6 is 0 Å². The highest BCUT2D eigenvalue weighted by Crippen LogP contribution is 2.29. The van der Waals surface area contributed by atoms with E-state index in [1.165, 1.54) is 16.3 Å². The topological polar surface area (TPSA) is 20.3 Å². The number of Topliss-reactive ketones (excluding diaryl/α,β-unsaturated/α-hetero) is 1. The summed E-state index contributed by atoms with van der Waals surface area (Å²) >= 11 is 0. The number of nitrogens with zero attached hydrogens (tertiary/aromatic N) is 1. The van der Waals surface area contributed by atoms with E-state index in [-0.39, 0.29) is 5.92 Å². The number of hydrogen-bond donors (Lipinski definition) is 0. The first-order valence-electron chi connectivity index (χ1n) is 7.28. The maximum absolute atomic E-state index is 12.4. The molecule has 2 aromatic carbocycles. The molecule has 0 fully saturated rings. The van der Waals surface area contributed by atoms with Gasteiger partial charge in [-0.2, -0.15) is 0 Å². The largest absolute Gasteiger partial charge is 0.309 e. The third kappa shape index (κ3) is 3.26. The van der Waals surface area contributed by atoms with Gasteiger partial charge in [-0.05, 0) is 43.4 Å². The summed E-state index contributed by atoms with van der Waals surface area (Å²) in [5.74, 6) is 0.344. The smallest absolute Gasteiger partial charge is 0.140 e. The molecule has 0 aliphatic rings. The number of carbonyl (C=O) groups excluding carboxylic acids is 1. The molecule has 1 atom stereocenters. The highest BCUT2D eigenvalue weighted by atomic mass is 16.1. The Hall–Kier alpha value is -1.67. The Morgan fingerprint density at radius 2 is 1.80 bits per heavy atom. The third-order valence-corrected chi connectivity index (χ3v) is 3.80. The Labute approximate surface area is 121 Å². The fraction of sp³-hybridized carbons (Fsp3) is 0.389. The molecular weight excluding hydrogens is 246 g/mol. The molecule has 0 heterocycles. The molecular formula is C18H23NO. The van der Waals surface area contributed by atoms with E-state index in [9.17, 15) is 4.79 Å². The summed E-state index contributed by atoms with van der Waals surface area (Å²) < 4.78 is 0. The van der Waals surface area contributed by atoms with E-state index in [4.69, 9.17) is 0 Å². The monoisotopic (exact) mass is 269 g/mol. The van der Waals surface area contributed by atoms with Gasteiger partial charge in [0.1, 0.15) is 5.78 Å². The minimum atomic E-state index is 0.00787. The highest BCUT2D eigenvalue weighted by Gasteiger charge is 2.20. The molecule has 20 heavy (non-hydrogen) atoms. The maximum atomic E-state index is 12.4. The van der Waals surface area contributed by atoms with E-state index in [0.717, 1.165) is 13.0 Å². The number of benzene rings is 2. The molecule has 2 nitrogen and oxygen atoms in total. The Balaban J connectivity index is 2.42. The maximum Gasteiger partial charge on any atom is 0.140 e. The van der Waals surface area contributed by atoms with Crippen molar-refractivity contribution in [2.75, 3.05) is 20.6 Å². The second-order valence-corrected chi connectivity index (χ2v) is 5.53. The summed E-state index contributed by atoms with van der Waals surface area (Å²) in [6.07, 6.45) is 1.48. The Kier molecular flexibility index (Phi) is 4.91. The van der Waals surface area contributed by atoms with Gasteiger partial charge in [-0.1, -0.05) is 49.4 Å². The molecule has 1 unspecified atom stereocenters. The van der Waals surface area contributed by atoms with Crippen molar-refractivity contribution < 1.29 is 4.79 Å². The summed E-state index contributed by atoms with van der Waals surface area (Å²) in [5.41, 5.74) is 1.18. The normalized spacial score (nSPS) is 12.8. The van der Waals surface area contributed by atoms with Gasteiger partial charge in [-0.15, -0.1) is 0 Å². The van der Waals surface area contributed by atoms with Gasteiger partial charge in [0, 0.05) is 12.3 Å². The Morgan fingerprint density at radius 1 is 1.10 bits per heavy atom. The Bertz CT molecular complexity index is 583. The van der Waals surface area contributed by atoms with E-state index in [2.05, 4.69) is 49.3 Å². The molecule has 2 aromatic rings. The molecule has 0 aromatic heterocycles. The third-order valence-electron chi connectivity index (χ3n) is 3.80. The zero-order valence-corrected chi connectivity index (χ0v) is 12.6. The molecule has 0 radical (unpaired) electrons. The molecule has 0 bridgehead atoms. The van der Waals surface area contributed by atoms with Gasteiger partial charge in [-0.3, -0.25) is 4.79 Å². The number of ketones is 1. The van der Waals surface area contributed by atoms with Gasteiger partial charge in [0.15, 0.2) is 0 Å². The van der Waals surface area contributed by atoms with Crippen LogP contribution in [0.4, 0.5) is 0 Å². The van der Waals surface area contributed by atoms with Crippen LogP contribution in [0.3, 0.4) is 0 Å². The van der Waals surface area contributed by atoms with Crippen molar-refractivity contribution in [3.8, 4) is 0 Å².